The third-order valence-electron chi connectivity index (χ3n) is 6.75. The summed E-state index contributed by atoms with van der Waals surface area (Å²) in [5.74, 6) is -2.63. The van der Waals surface area contributed by atoms with Crippen LogP contribution in [0.2, 0.25) is 5.02 Å². The van der Waals surface area contributed by atoms with E-state index >= 15 is 0 Å². The van der Waals surface area contributed by atoms with Crippen molar-refractivity contribution in [2.24, 2.45) is 13.0 Å². The molecule has 2 aliphatic rings. The van der Waals surface area contributed by atoms with Crippen LogP contribution in [-0.4, -0.2) is 57.9 Å². The molecule has 1 aromatic carbocycles. The Kier molecular flexibility index (Phi) is 6.84. The molecular weight excluding hydrogens is 506 g/mol. The number of hydrogen-bond donors (Lipinski definition) is 3. The van der Waals surface area contributed by atoms with Gasteiger partial charge in [0.15, 0.2) is 12.4 Å². The summed E-state index contributed by atoms with van der Waals surface area (Å²) < 4.78 is 36.6. The van der Waals surface area contributed by atoms with Crippen molar-refractivity contribution < 1.29 is 18.6 Å². The Labute approximate surface area is 217 Å². The van der Waals surface area contributed by atoms with Crippen molar-refractivity contribution in [3.8, 4) is 5.75 Å². The lowest BCUT2D eigenvalue weighted by atomic mass is 10.0. The molecule has 9 nitrogen and oxygen atoms in total. The molecule has 1 saturated carbocycles. The van der Waals surface area contributed by atoms with Crippen molar-refractivity contribution in [2.45, 2.75) is 38.2 Å². The van der Waals surface area contributed by atoms with E-state index in [4.69, 9.17) is 16.3 Å². The topological polar surface area (TPSA) is 105 Å². The maximum absolute atomic E-state index is 14.9. The Morgan fingerprint density at radius 2 is 2.14 bits per heavy atom. The number of aliphatic hydroxyl groups is 1. The van der Waals surface area contributed by atoms with Crippen LogP contribution in [-0.2, 0) is 7.05 Å². The minimum Gasteiger partial charge on any atom is -0.480 e. The molecule has 0 radical (unpaired) electrons. The summed E-state index contributed by atoms with van der Waals surface area (Å²) in [6.45, 7) is 2.17. The van der Waals surface area contributed by atoms with Gasteiger partial charge in [-0.05, 0) is 43.4 Å². The van der Waals surface area contributed by atoms with Crippen molar-refractivity contribution in [3.05, 3.63) is 39.8 Å². The zero-order valence-corrected chi connectivity index (χ0v) is 21.4. The van der Waals surface area contributed by atoms with E-state index in [1.165, 1.54) is 10.8 Å². The van der Waals surface area contributed by atoms with Crippen LogP contribution in [0.4, 0.5) is 31.9 Å². The second-order valence-corrected chi connectivity index (χ2v) is 9.92. The highest BCUT2D eigenvalue weighted by molar-refractivity contribution is 6.32. The first-order chi connectivity index (χ1) is 17.7. The molecule has 198 valence electrons. The number of rotatable bonds is 8. The van der Waals surface area contributed by atoms with E-state index in [0.29, 0.717) is 59.3 Å². The fourth-order valence-corrected chi connectivity index (χ4v) is 4.86. The first-order valence-corrected chi connectivity index (χ1v) is 12.7. The summed E-state index contributed by atoms with van der Waals surface area (Å²) in [6, 6.07) is 4.14. The molecule has 3 N–H and O–H groups in total. The van der Waals surface area contributed by atoms with Crippen LogP contribution in [0.5, 0.6) is 5.75 Å². The van der Waals surface area contributed by atoms with Crippen molar-refractivity contribution in [1.82, 2.24) is 14.5 Å². The molecule has 37 heavy (non-hydrogen) atoms. The molecule has 1 unspecified atom stereocenters. The van der Waals surface area contributed by atoms with Gasteiger partial charge in [-0.3, -0.25) is 4.79 Å². The summed E-state index contributed by atoms with van der Waals surface area (Å²) in [6.07, 6.45) is 3.75. The van der Waals surface area contributed by atoms with Crippen LogP contribution in [0.1, 0.15) is 26.2 Å². The number of aliphatic hydroxyl groups excluding tert-OH is 1. The van der Waals surface area contributed by atoms with Crippen molar-refractivity contribution in [2.75, 3.05) is 41.8 Å². The van der Waals surface area contributed by atoms with Gasteiger partial charge in [-0.2, -0.15) is 4.98 Å². The largest absolute Gasteiger partial charge is 0.480 e. The number of aryl methyl sites for hydroxylation is 1. The molecule has 0 amide bonds. The zero-order chi connectivity index (χ0) is 26.3. The van der Waals surface area contributed by atoms with E-state index in [1.807, 2.05) is 11.8 Å². The summed E-state index contributed by atoms with van der Waals surface area (Å²) >= 11 is 6.38. The molecule has 12 heteroatoms. The minimum absolute atomic E-state index is 0.0424. The molecule has 1 aliphatic heterocycles. The number of hydrogen-bond acceptors (Lipinski definition) is 8. The first kappa shape index (κ1) is 25.5. The summed E-state index contributed by atoms with van der Waals surface area (Å²) in [4.78, 5) is 23.7. The Hall–Kier alpha value is -3.18. The van der Waals surface area contributed by atoms with Gasteiger partial charge >= 0.3 is 5.92 Å². The molecule has 5 rings (SSSR count). The van der Waals surface area contributed by atoms with Gasteiger partial charge in [0.2, 0.25) is 11.7 Å². The third kappa shape index (κ3) is 4.89. The van der Waals surface area contributed by atoms with Crippen molar-refractivity contribution in [3.63, 3.8) is 0 Å². The number of fused-ring (bicyclic) bond motifs is 3. The highest BCUT2D eigenvalue weighted by atomic mass is 35.5. The Balaban J connectivity index is 1.56. The molecule has 1 aliphatic carbocycles. The predicted molar refractivity (Wildman–Crippen MR) is 140 cm³/mol. The number of nitrogens with one attached hydrogen (secondary N) is 2. The lowest BCUT2D eigenvalue weighted by Crippen LogP contribution is -2.44. The van der Waals surface area contributed by atoms with Gasteiger partial charge in [-0.15, -0.1) is 0 Å². The van der Waals surface area contributed by atoms with Crippen LogP contribution >= 0.6 is 11.6 Å². The fourth-order valence-electron chi connectivity index (χ4n) is 4.72. The van der Waals surface area contributed by atoms with E-state index in [0.717, 1.165) is 6.42 Å². The normalized spacial score (nSPS) is 18.5. The predicted octanol–water partition coefficient (Wildman–Crippen LogP) is 4.15. The number of aromatic nitrogens is 3. The summed E-state index contributed by atoms with van der Waals surface area (Å²) in [5, 5.41) is 16.4. The van der Waals surface area contributed by atoms with Crippen LogP contribution in [0.25, 0.3) is 10.9 Å². The molecule has 0 bridgehead atoms. The van der Waals surface area contributed by atoms with Gasteiger partial charge < -0.3 is 29.9 Å². The summed E-state index contributed by atoms with van der Waals surface area (Å²) in [7, 11) is 1.58. The number of nitrogens with zero attached hydrogens (tertiary/aromatic N) is 4. The maximum Gasteiger partial charge on any atom is 0.301 e. The second-order valence-electron chi connectivity index (χ2n) is 9.51. The number of anilines is 4. The number of benzene rings is 1. The first-order valence-electron chi connectivity index (χ1n) is 12.3. The van der Waals surface area contributed by atoms with Crippen LogP contribution in [0.15, 0.2) is 29.2 Å². The van der Waals surface area contributed by atoms with E-state index in [2.05, 4.69) is 20.6 Å². The van der Waals surface area contributed by atoms with Gasteiger partial charge in [0, 0.05) is 31.2 Å². The molecule has 3 aromatic rings. The zero-order valence-electron chi connectivity index (χ0n) is 20.6. The molecular formula is C25H29ClF2N6O3. The van der Waals surface area contributed by atoms with Crippen molar-refractivity contribution >= 4 is 45.6 Å². The van der Waals surface area contributed by atoms with Gasteiger partial charge in [0.05, 0.1) is 30.0 Å². The molecule has 0 spiro atoms. The Morgan fingerprint density at radius 1 is 1.35 bits per heavy atom. The van der Waals surface area contributed by atoms with Crippen molar-refractivity contribution in [1.29, 1.82) is 0 Å². The molecule has 1 atom stereocenters. The number of pyridine rings is 1. The van der Waals surface area contributed by atoms with Gasteiger partial charge in [0.1, 0.15) is 5.02 Å². The number of ether oxygens (including phenoxy) is 1. The quantitative estimate of drug-likeness (QED) is 0.396. The lowest BCUT2D eigenvalue weighted by Gasteiger charge is -2.25. The monoisotopic (exact) mass is 534 g/mol. The highest BCUT2D eigenvalue weighted by Gasteiger charge is 2.51. The average Bonchev–Trinajstić information content (AvgIpc) is 3.71. The van der Waals surface area contributed by atoms with E-state index in [9.17, 15) is 18.7 Å². The highest BCUT2D eigenvalue weighted by Crippen LogP contribution is 2.45. The molecule has 0 saturated heterocycles. The Bertz CT molecular complexity index is 1370. The third-order valence-corrected chi connectivity index (χ3v) is 7.03. The van der Waals surface area contributed by atoms with Gasteiger partial charge in [-0.1, -0.05) is 18.5 Å². The average molecular weight is 535 g/mol. The molecule has 2 aromatic heterocycles. The SMILES string of the molecule is CCCN(CCO)c1ncc(Cl)c(Nc2ccc3c(c2)c2c(c(=O)n3C)OCC(F)(F)C(C3CC3)N2)n1. The van der Waals surface area contributed by atoms with Crippen LogP contribution in [0.3, 0.4) is 0 Å². The second kappa shape index (κ2) is 9.94. The minimum atomic E-state index is -3.11. The molecule has 1 fully saturated rings. The summed E-state index contributed by atoms with van der Waals surface area (Å²) in [5.41, 5.74) is 0.940. The van der Waals surface area contributed by atoms with Gasteiger partial charge in [-0.25, -0.2) is 13.8 Å². The van der Waals surface area contributed by atoms with E-state index in [1.54, 1.807) is 25.2 Å². The Morgan fingerprint density at radius 3 is 2.84 bits per heavy atom. The number of alkyl halides is 2. The van der Waals surface area contributed by atoms with E-state index in [-0.39, 0.29) is 24.0 Å². The number of halogens is 3. The molecule has 3 heterocycles. The van der Waals surface area contributed by atoms with Gasteiger partial charge in [0.25, 0.3) is 5.56 Å². The standard InChI is InChI=1S/C25H29ClF2N6O3/c1-3-8-34(9-10-35)24-29-12-17(26)22(32-24)30-15-6-7-18-16(11-15)19-20(23(36)33(18)2)37-13-25(27,28)21(31-19)14-4-5-14/h6-7,11-12,14,21,31,35H,3-5,8-10,13H2,1-2H3,(H,29,30,32). The van der Waals surface area contributed by atoms with E-state index < -0.39 is 24.1 Å². The smallest absolute Gasteiger partial charge is 0.301 e. The maximum atomic E-state index is 14.9. The fraction of sp³-hybridized carbons (Fsp3) is 0.480. The lowest BCUT2D eigenvalue weighted by molar-refractivity contribution is -0.0579. The van der Waals surface area contributed by atoms with Crippen LogP contribution < -0.4 is 25.8 Å². The van der Waals surface area contributed by atoms with Crippen LogP contribution in [0, 0.1) is 5.92 Å².